The first-order valence-electron chi connectivity index (χ1n) is 17.4. The minimum absolute atomic E-state index is 0.157. The average Bonchev–Trinajstić information content (AvgIpc) is 3.51. The molecule has 0 radical (unpaired) electrons. The van der Waals surface area contributed by atoms with Crippen molar-refractivity contribution in [2.24, 2.45) is 5.41 Å². The molecule has 0 bridgehead atoms. The predicted molar refractivity (Wildman–Crippen MR) is 200 cm³/mol. The lowest BCUT2D eigenvalue weighted by atomic mass is 9.73. The number of aryl methyl sites for hydroxylation is 2. The monoisotopic (exact) mass is 716 g/mol. The van der Waals surface area contributed by atoms with E-state index in [0.29, 0.717) is 57.4 Å². The van der Waals surface area contributed by atoms with Crippen LogP contribution in [0.2, 0.25) is 0 Å². The van der Waals surface area contributed by atoms with Crippen LogP contribution in [-0.2, 0) is 11.2 Å². The third-order valence-corrected chi connectivity index (χ3v) is 11.4. The lowest BCUT2D eigenvalue weighted by Gasteiger charge is -2.53. The van der Waals surface area contributed by atoms with E-state index in [2.05, 4.69) is 25.5 Å². The molecule has 3 amide bonds. The van der Waals surface area contributed by atoms with E-state index >= 15 is 0 Å². The van der Waals surface area contributed by atoms with E-state index in [0.717, 1.165) is 55.1 Å². The summed E-state index contributed by atoms with van der Waals surface area (Å²) in [5, 5.41) is 5.72. The van der Waals surface area contributed by atoms with Crippen LogP contribution in [0.15, 0.2) is 79.1 Å². The molecule has 3 aliphatic heterocycles. The highest BCUT2D eigenvalue weighted by molar-refractivity contribution is 7.17. The highest BCUT2D eigenvalue weighted by Gasteiger charge is 2.45. The van der Waals surface area contributed by atoms with Crippen molar-refractivity contribution in [3.05, 3.63) is 118 Å². The van der Waals surface area contributed by atoms with Gasteiger partial charge < -0.3 is 25.2 Å². The fourth-order valence-corrected chi connectivity index (χ4v) is 8.42. The van der Waals surface area contributed by atoms with E-state index in [1.807, 2.05) is 19.1 Å². The number of para-hydroxylation sites is 1. The van der Waals surface area contributed by atoms with Gasteiger partial charge in [0.2, 0.25) is 0 Å². The number of benzene rings is 2. The van der Waals surface area contributed by atoms with E-state index in [1.54, 1.807) is 72.7 Å². The Bertz CT molecular complexity index is 2190. The number of rotatable bonds is 6. The van der Waals surface area contributed by atoms with Crippen LogP contribution in [0.25, 0.3) is 10.6 Å². The second-order valence-corrected chi connectivity index (χ2v) is 14.9. The molecule has 3 aliphatic rings. The Morgan fingerprint density at radius 1 is 0.923 bits per heavy atom. The molecule has 1 spiro atoms. The number of nitrogens with zero attached hydrogens (tertiary/aromatic N) is 4. The Kier molecular flexibility index (Phi) is 8.80. The molecular weight excluding hydrogens is 680 g/mol. The molecule has 264 valence electrons. The quantitative estimate of drug-likeness (QED) is 0.190. The predicted octanol–water partition coefficient (Wildman–Crippen LogP) is 7.29. The van der Waals surface area contributed by atoms with Gasteiger partial charge in [0, 0.05) is 61.9 Å². The zero-order valence-electron chi connectivity index (χ0n) is 28.9. The van der Waals surface area contributed by atoms with E-state index in [1.165, 1.54) is 17.4 Å². The van der Waals surface area contributed by atoms with Gasteiger partial charge in [-0.3, -0.25) is 19.4 Å². The van der Waals surface area contributed by atoms with Crippen LogP contribution in [0.4, 0.5) is 27.3 Å². The number of thiophene rings is 1. The number of aromatic nitrogens is 2. The van der Waals surface area contributed by atoms with Crippen LogP contribution in [0.3, 0.4) is 0 Å². The summed E-state index contributed by atoms with van der Waals surface area (Å²) in [4.78, 5) is 55.2. The Morgan fingerprint density at radius 2 is 1.71 bits per heavy atom. The van der Waals surface area contributed by atoms with Gasteiger partial charge in [0.05, 0.1) is 26.7 Å². The van der Waals surface area contributed by atoms with Crippen molar-refractivity contribution in [3.63, 3.8) is 0 Å². The first kappa shape index (κ1) is 33.7. The van der Waals surface area contributed by atoms with Crippen molar-refractivity contribution in [1.82, 2.24) is 9.97 Å². The second kappa shape index (κ2) is 13.6. The summed E-state index contributed by atoms with van der Waals surface area (Å²) < 4.78 is 20.0. The molecule has 12 heteroatoms. The van der Waals surface area contributed by atoms with Gasteiger partial charge in [-0.1, -0.05) is 12.1 Å². The minimum Gasteiger partial charge on any atom is -0.381 e. The fourth-order valence-electron chi connectivity index (χ4n) is 7.31. The highest BCUT2D eigenvalue weighted by atomic mass is 32.1. The van der Waals surface area contributed by atoms with Gasteiger partial charge in [0.1, 0.15) is 17.3 Å². The summed E-state index contributed by atoms with van der Waals surface area (Å²) in [6.45, 7) is 7.30. The van der Waals surface area contributed by atoms with Crippen LogP contribution in [-0.4, -0.2) is 60.5 Å². The van der Waals surface area contributed by atoms with Gasteiger partial charge in [-0.2, -0.15) is 0 Å². The lowest BCUT2D eigenvalue weighted by molar-refractivity contribution is -0.000511. The number of carbonyl (C=O) groups is 3. The number of amides is 3. The molecular formula is C40H37FN6O4S. The normalized spacial score (nSPS) is 16.0. The van der Waals surface area contributed by atoms with E-state index < -0.39 is 11.7 Å². The molecule has 2 fully saturated rings. The summed E-state index contributed by atoms with van der Waals surface area (Å²) in [7, 11) is 0. The molecule has 2 N–H and O–H groups in total. The first-order valence-corrected chi connectivity index (χ1v) is 18.2. The topological polar surface area (TPSA) is 117 Å². The minimum atomic E-state index is -0.494. The molecule has 5 aromatic rings. The Hall–Kier alpha value is -5.46. The molecule has 0 unspecified atom stereocenters. The lowest BCUT2D eigenvalue weighted by Crippen LogP contribution is -2.59. The van der Waals surface area contributed by atoms with Crippen molar-refractivity contribution >= 4 is 51.9 Å². The molecule has 10 nitrogen and oxygen atoms in total. The Morgan fingerprint density at radius 3 is 2.48 bits per heavy atom. The van der Waals surface area contributed by atoms with Crippen LogP contribution in [0, 0.1) is 25.1 Å². The zero-order valence-corrected chi connectivity index (χ0v) is 29.7. The Balaban J connectivity index is 0.976. The SMILES string of the molecule is Cc1cnc(N2CC3(CCOCC3)C2)c(C(=O)Nc2ccc(C(=O)N3CCc4cc(C(=O)Nc5c(C)cccc5F)sc4-c4ncccc43)cc2)c1. The summed E-state index contributed by atoms with van der Waals surface area (Å²) >= 11 is 1.27. The molecule has 0 aliphatic carbocycles. The van der Waals surface area contributed by atoms with Crippen molar-refractivity contribution < 1.29 is 23.5 Å². The number of anilines is 4. The molecule has 0 saturated carbocycles. The smallest absolute Gasteiger partial charge is 0.265 e. The largest absolute Gasteiger partial charge is 0.381 e. The van der Waals surface area contributed by atoms with E-state index in [-0.39, 0.29) is 22.9 Å². The summed E-state index contributed by atoms with van der Waals surface area (Å²) in [5.74, 6) is -0.676. The third-order valence-electron chi connectivity index (χ3n) is 10.2. The van der Waals surface area contributed by atoms with Crippen LogP contribution in [0.1, 0.15) is 59.9 Å². The van der Waals surface area contributed by atoms with Crippen LogP contribution < -0.4 is 20.4 Å². The number of hydrogen-bond donors (Lipinski definition) is 2. The summed E-state index contributed by atoms with van der Waals surface area (Å²) in [6, 6.07) is 18.8. The van der Waals surface area contributed by atoms with Gasteiger partial charge in [0.25, 0.3) is 17.7 Å². The fraction of sp³-hybridized carbons (Fsp3) is 0.275. The molecule has 52 heavy (non-hydrogen) atoms. The number of fused-ring (bicyclic) bond motifs is 3. The van der Waals surface area contributed by atoms with Gasteiger partial charge in [-0.15, -0.1) is 11.3 Å². The van der Waals surface area contributed by atoms with Gasteiger partial charge >= 0.3 is 0 Å². The summed E-state index contributed by atoms with van der Waals surface area (Å²) in [6.07, 6.45) is 5.99. The number of ether oxygens (including phenoxy) is 1. The van der Waals surface area contributed by atoms with Crippen molar-refractivity contribution in [2.75, 3.05) is 53.3 Å². The number of nitrogens with one attached hydrogen (secondary N) is 2. The molecule has 0 atom stereocenters. The number of halogens is 1. The van der Waals surface area contributed by atoms with Gasteiger partial charge in [-0.05, 0) is 104 Å². The molecule has 8 rings (SSSR count). The van der Waals surface area contributed by atoms with Crippen molar-refractivity contribution in [3.8, 4) is 10.6 Å². The van der Waals surface area contributed by atoms with Crippen molar-refractivity contribution in [2.45, 2.75) is 33.1 Å². The summed E-state index contributed by atoms with van der Waals surface area (Å²) in [5.41, 5.74) is 5.59. The molecule has 2 saturated heterocycles. The standard InChI is InChI=1S/C40H37FN6O4S/c1-24-19-29(36(43-21-24)46-22-40(23-46)13-17-51-18-14-40)37(48)44-28-10-8-26(9-11-28)39(50)47-16-12-27-20-32(52-35(27)34-31(47)7-4-15-42-34)38(49)45-33-25(2)5-3-6-30(33)41/h3-11,15,19-21H,12-14,16-18,22-23H2,1-2H3,(H,44,48)(H,45,49). The maximum atomic E-state index is 14.4. The third kappa shape index (κ3) is 6.33. The average molecular weight is 717 g/mol. The van der Waals surface area contributed by atoms with E-state index in [4.69, 9.17) is 4.74 Å². The van der Waals surface area contributed by atoms with Gasteiger partial charge in [0.15, 0.2) is 0 Å². The number of hydrogen-bond acceptors (Lipinski definition) is 8. The second-order valence-electron chi connectivity index (χ2n) is 13.8. The highest BCUT2D eigenvalue weighted by Crippen LogP contribution is 2.43. The maximum Gasteiger partial charge on any atom is 0.265 e. The maximum absolute atomic E-state index is 14.4. The van der Waals surface area contributed by atoms with Crippen LogP contribution >= 0.6 is 11.3 Å². The molecule has 6 heterocycles. The molecule has 2 aromatic carbocycles. The number of carbonyl (C=O) groups excluding carboxylic acids is 3. The van der Waals surface area contributed by atoms with Gasteiger partial charge in [-0.25, -0.2) is 9.37 Å². The van der Waals surface area contributed by atoms with Crippen LogP contribution in [0.5, 0.6) is 0 Å². The van der Waals surface area contributed by atoms with Crippen molar-refractivity contribution in [1.29, 1.82) is 0 Å². The number of pyridine rings is 2. The first-order chi connectivity index (χ1) is 25.2. The van der Waals surface area contributed by atoms with E-state index in [9.17, 15) is 18.8 Å². The zero-order chi connectivity index (χ0) is 36.0. The molecule has 3 aromatic heterocycles. The Labute approximate surface area is 304 Å².